The zero-order valence-corrected chi connectivity index (χ0v) is 11.2. The van der Waals surface area contributed by atoms with Crippen molar-refractivity contribution in [2.75, 3.05) is 0 Å². The van der Waals surface area contributed by atoms with Crippen LogP contribution in [-0.4, -0.2) is 25.9 Å². The van der Waals surface area contributed by atoms with E-state index in [0.29, 0.717) is 11.5 Å². The van der Waals surface area contributed by atoms with Crippen LogP contribution in [0.5, 0.6) is 5.88 Å². The number of aliphatic imine (C=N–C) groups is 1. The summed E-state index contributed by atoms with van der Waals surface area (Å²) in [5.74, 6) is 0.576. The fourth-order valence-electron chi connectivity index (χ4n) is 2.23. The summed E-state index contributed by atoms with van der Waals surface area (Å²) >= 11 is 0. The maximum atomic E-state index is 11.8. The first-order valence-corrected chi connectivity index (χ1v) is 6.32. The van der Waals surface area contributed by atoms with Crippen LogP contribution in [0.3, 0.4) is 0 Å². The minimum atomic E-state index is -0.328. The first kappa shape index (κ1) is 12.4. The third-order valence-corrected chi connectivity index (χ3v) is 3.17. The van der Waals surface area contributed by atoms with Gasteiger partial charge in [-0.15, -0.1) is 0 Å². The van der Waals surface area contributed by atoms with Crippen molar-refractivity contribution >= 4 is 23.7 Å². The molecule has 2 aromatic rings. The van der Waals surface area contributed by atoms with Crippen molar-refractivity contribution in [1.29, 1.82) is 0 Å². The number of allylic oxidation sites excluding steroid dienone is 1. The molecule has 0 atom stereocenters. The molecule has 102 valence electrons. The molecular weight excluding hydrogens is 256 g/mol. The van der Waals surface area contributed by atoms with E-state index < -0.39 is 0 Å². The Labute approximate surface area is 115 Å². The second-order valence-corrected chi connectivity index (χ2v) is 4.86. The van der Waals surface area contributed by atoms with Gasteiger partial charge in [-0.1, -0.05) is 0 Å². The molecule has 6 heteroatoms. The molecule has 0 fully saturated rings. The van der Waals surface area contributed by atoms with Crippen molar-refractivity contribution in [1.82, 2.24) is 14.5 Å². The fraction of sp³-hybridized carbons (Fsp3) is 0.214. The molecule has 0 bridgehead atoms. The van der Waals surface area contributed by atoms with Crippen LogP contribution < -0.4 is 5.69 Å². The summed E-state index contributed by atoms with van der Waals surface area (Å²) in [5, 5.41) is 10.1. The first-order chi connectivity index (χ1) is 9.58. The second kappa shape index (κ2) is 4.48. The van der Waals surface area contributed by atoms with Crippen LogP contribution in [0.2, 0.25) is 0 Å². The minimum absolute atomic E-state index is 0.0664. The van der Waals surface area contributed by atoms with E-state index in [0.717, 1.165) is 11.1 Å². The van der Waals surface area contributed by atoms with Gasteiger partial charge in [0.2, 0.25) is 5.88 Å². The van der Waals surface area contributed by atoms with E-state index in [-0.39, 0.29) is 17.6 Å². The van der Waals surface area contributed by atoms with Crippen LogP contribution in [0, 0.1) is 0 Å². The second-order valence-electron chi connectivity index (χ2n) is 4.86. The van der Waals surface area contributed by atoms with Gasteiger partial charge in [0.1, 0.15) is 5.69 Å². The van der Waals surface area contributed by atoms with E-state index >= 15 is 0 Å². The largest absolute Gasteiger partial charge is 0.493 e. The molecular formula is C14H14N4O2. The molecule has 3 heterocycles. The summed E-state index contributed by atoms with van der Waals surface area (Å²) < 4.78 is 1.31. The van der Waals surface area contributed by atoms with Crippen LogP contribution in [0.4, 0.5) is 5.82 Å². The lowest BCUT2D eigenvalue weighted by Crippen LogP contribution is -2.18. The molecule has 0 spiro atoms. The number of hydrogen-bond acceptors (Lipinski definition) is 4. The third kappa shape index (κ3) is 1.85. The lowest BCUT2D eigenvalue weighted by molar-refractivity contribution is 0.395. The van der Waals surface area contributed by atoms with Gasteiger partial charge in [0.05, 0.1) is 0 Å². The highest BCUT2D eigenvalue weighted by Crippen LogP contribution is 2.31. The molecule has 0 saturated heterocycles. The number of aromatic hydroxyl groups is 1. The fourth-order valence-corrected chi connectivity index (χ4v) is 2.23. The number of pyridine rings is 1. The highest BCUT2D eigenvalue weighted by molar-refractivity contribution is 6.20. The van der Waals surface area contributed by atoms with Crippen molar-refractivity contribution in [2.45, 2.75) is 19.9 Å². The Balaban J connectivity index is 2.10. The SMILES string of the molecule is CC(C)n1c(O)c(/C=C2\C=Nc3ncccc32)[nH]c1=O. The topological polar surface area (TPSA) is 83.3 Å². The molecule has 1 aliphatic rings. The molecule has 3 rings (SSSR count). The van der Waals surface area contributed by atoms with Crippen LogP contribution in [0.25, 0.3) is 11.6 Å². The molecule has 0 saturated carbocycles. The maximum absolute atomic E-state index is 11.8. The van der Waals surface area contributed by atoms with Gasteiger partial charge in [-0.3, -0.25) is 4.57 Å². The Morgan fingerprint density at radius 1 is 1.45 bits per heavy atom. The number of aromatic amines is 1. The van der Waals surface area contributed by atoms with E-state index in [1.54, 1.807) is 18.5 Å². The van der Waals surface area contributed by atoms with Crippen LogP contribution >= 0.6 is 0 Å². The summed E-state index contributed by atoms with van der Waals surface area (Å²) in [6, 6.07) is 3.61. The van der Waals surface area contributed by atoms with Crippen LogP contribution in [0.15, 0.2) is 28.1 Å². The number of H-pyrrole nitrogens is 1. The van der Waals surface area contributed by atoms with Crippen molar-refractivity contribution in [3.8, 4) is 5.88 Å². The van der Waals surface area contributed by atoms with Crippen molar-refractivity contribution < 1.29 is 5.11 Å². The van der Waals surface area contributed by atoms with Gasteiger partial charge in [0.15, 0.2) is 5.82 Å². The molecule has 2 aromatic heterocycles. The van der Waals surface area contributed by atoms with Gasteiger partial charge in [0, 0.05) is 29.6 Å². The number of fused-ring (bicyclic) bond motifs is 1. The Kier molecular flexibility index (Phi) is 2.78. The van der Waals surface area contributed by atoms with E-state index in [1.807, 2.05) is 26.0 Å². The van der Waals surface area contributed by atoms with Crippen molar-refractivity contribution in [3.63, 3.8) is 0 Å². The quantitative estimate of drug-likeness (QED) is 0.876. The maximum Gasteiger partial charge on any atom is 0.329 e. The number of imidazole rings is 1. The van der Waals surface area contributed by atoms with Crippen molar-refractivity contribution in [2.24, 2.45) is 4.99 Å². The first-order valence-electron chi connectivity index (χ1n) is 6.32. The summed E-state index contributed by atoms with van der Waals surface area (Å²) in [7, 11) is 0. The number of nitrogens with zero attached hydrogens (tertiary/aromatic N) is 3. The smallest absolute Gasteiger partial charge is 0.329 e. The molecule has 20 heavy (non-hydrogen) atoms. The standard InChI is InChI=1S/C14H14N4O2/c1-8(2)18-13(19)11(17-14(18)20)6-9-7-16-12-10(9)4-3-5-15-12/h3-8,19H,1-2H3,(H,17,20)/b9-6+. The number of hydrogen-bond donors (Lipinski definition) is 2. The summed E-state index contributed by atoms with van der Waals surface area (Å²) in [5.41, 5.74) is 1.73. The predicted molar refractivity (Wildman–Crippen MR) is 77.4 cm³/mol. The predicted octanol–water partition coefficient (Wildman–Crippen LogP) is 2.11. The molecule has 0 unspecified atom stereocenters. The van der Waals surface area contributed by atoms with E-state index in [9.17, 15) is 9.90 Å². The van der Waals surface area contributed by atoms with E-state index in [4.69, 9.17) is 0 Å². The lowest BCUT2D eigenvalue weighted by atomic mass is 10.1. The Hall–Kier alpha value is -2.63. The molecule has 0 aliphatic carbocycles. The Bertz CT molecular complexity index is 781. The summed E-state index contributed by atoms with van der Waals surface area (Å²) in [6.45, 7) is 3.67. The van der Waals surface area contributed by atoms with Crippen LogP contribution in [-0.2, 0) is 0 Å². The number of nitrogens with one attached hydrogen (secondary N) is 1. The van der Waals surface area contributed by atoms with Gasteiger partial charge in [-0.2, -0.15) is 0 Å². The highest BCUT2D eigenvalue weighted by atomic mass is 16.3. The molecule has 1 aliphatic heterocycles. The molecule has 6 nitrogen and oxygen atoms in total. The Morgan fingerprint density at radius 2 is 2.25 bits per heavy atom. The van der Waals surface area contributed by atoms with Crippen LogP contribution in [0.1, 0.15) is 31.1 Å². The normalized spacial score (nSPS) is 15.2. The van der Waals surface area contributed by atoms with Gasteiger partial charge in [-0.25, -0.2) is 14.8 Å². The summed E-state index contributed by atoms with van der Waals surface area (Å²) in [4.78, 5) is 22.8. The average Bonchev–Trinajstić information content (AvgIpc) is 2.93. The Morgan fingerprint density at radius 3 is 2.95 bits per heavy atom. The third-order valence-electron chi connectivity index (χ3n) is 3.17. The number of rotatable bonds is 2. The van der Waals surface area contributed by atoms with E-state index in [1.165, 1.54) is 4.57 Å². The van der Waals surface area contributed by atoms with Gasteiger partial charge in [0.25, 0.3) is 0 Å². The van der Waals surface area contributed by atoms with Gasteiger partial charge >= 0.3 is 5.69 Å². The minimum Gasteiger partial charge on any atom is -0.493 e. The monoisotopic (exact) mass is 270 g/mol. The van der Waals surface area contributed by atoms with E-state index in [2.05, 4.69) is 15.0 Å². The molecule has 2 N–H and O–H groups in total. The molecule has 0 radical (unpaired) electrons. The van der Waals surface area contributed by atoms with Gasteiger partial charge < -0.3 is 10.1 Å². The number of aromatic nitrogens is 3. The zero-order valence-electron chi connectivity index (χ0n) is 11.2. The summed E-state index contributed by atoms with van der Waals surface area (Å²) in [6.07, 6.45) is 5.04. The highest BCUT2D eigenvalue weighted by Gasteiger charge is 2.17. The lowest BCUT2D eigenvalue weighted by Gasteiger charge is -2.05. The molecule has 0 aromatic carbocycles. The van der Waals surface area contributed by atoms with Crippen molar-refractivity contribution in [3.05, 3.63) is 40.1 Å². The zero-order chi connectivity index (χ0) is 14.3. The van der Waals surface area contributed by atoms with Gasteiger partial charge in [-0.05, 0) is 32.1 Å². The average molecular weight is 270 g/mol. The molecule has 0 amide bonds.